The quantitative estimate of drug-likeness (QED) is 0.134. The molecule has 0 spiro atoms. The summed E-state index contributed by atoms with van der Waals surface area (Å²) in [5.74, 6) is 1.76. The van der Waals surface area contributed by atoms with Gasteiger partial charge in [0.25, 0.3) is 0 Å². The number of fused-ring (bicyclic) bond motifs is 4. The zero-order valence-corrected chi connectivity index (χ0v) is 24.2. The van der Waals surface area contributed by atoms with Crippen LogP contribution in [0.4, 0.5) is 0 Å². The second-order valence-corrected chi connectivity index (χ2v) is 11.8. The standard InChI is InChI=1S/C40H30O4/c1-2-6-36-35(5-1)39(29-11-9-27-19-31(15-13-25(27)17-29)41-21-33-23-43-33)37-7-3-4-8-38(37)40(36)30-12-10-28-20-32(16-14-26(28)18-30)42-22-34-24-44-34/h1-20,33-34H,21-24H2. The molecule has 214 valence electrons. The Morgan fingerprint density at radius 3 is 1.20 bits per heavy atom. The van der Waals surface area contributed by atoms with Crippen molar-refractivity contribution in [2.45, 2.75) is 12.2 Å². The van der Waals surface area contributed by atoms with Crippen LogP contribution in [0.3, 0.4) is 0 Å². The zero-order chi connectivity index (χ0) is 29.0. The third-order valence-corrected chi connectivity index (χ3v) is 8.81. The van der Waals surface area contributed by atoms with E-state index in [9.17, 15) is 0 Å². The molecule has 4 nitrogen and oxygen atoms in total. The first-order valence-electron chi connectivity index (χ1n) is 15.3. The van der Waals surface area contributed by atoms with Crippen LogP contribution in [0.25, 0.3) is 65.3 Å². The van der Waals surface area contributed by atoms with Crippen molar-refractivity contribution < 1.29 is 18.9 Å². The summed E-state index contributed by atoms with van der Waals surface area (Å²) in [6.07, 6.45) is 0.486. The summed E-state index contributed by atoms with van der Waals surface area (Å²) in [6.45, 7) is 2.81. The van der Waals surface area contributed by atoms with E-state index in [1.165, 1.54) is 65.3 Å². The molecule has 2 atom stereocenters. The van der Waals surface area contributed by atoms with Gasteiger partial charge in [-0.1, -0.05) is 84.9 Å². The lowest BCUT2D eigenvalue weighted by atomic mass is 9.85. The summed E-state index contributed by atoms with van der Waals surface area (Å²) in [5, 5.41) is 9.70. The molecule has 0 N–H and O–H groups in total. The first-order valence-corrected chi connectivity index (χ1v) is 15.3. The molecule has 2 heterocycles. The zero-order valence-electron chi connectivity index (χ0n) is 24.2. The summed E-state index contributed by atoms with van der Waals surface area (Å²) >= 11 is 0. The van der Waals surface area contributed by atoms with Crippen molar-refractivity contribution in [1.29, 1.82) is 0 Å². The van der Waals surface area contributed by atoms with E-state index < -0.39 is 0 Å². The molecule has 0 aliphatic carbocycles. The van der Waals surface area contributed by atoms with E-state index in [1.807, 2.05) is 0 Å². The predicted octanol–water partition coefficient (Wildman–Crippen LogP) is 9.19. The minimum atomic E-state index is 0.243. The lowest BCUT2D eigenvalue weighted by Crippen LogP contribution is -2.03. The maximum absolute atomic E-state index is 5.94. The van der Waals surface area contributed by atoms with Gasteiger partial charge in [0.05, 0.1) is 13.2 Å². The molecule has 2 unspecified atom stereocenters. The molecule has 4 heteroatoms. The summed E-state index contributed by atoms with van der Waals surface area (Å²) in [4.78, 5) is 0. The Morgan fingerprint density at radius 1 is 0.455 bits per heavy atom. The fourth-order valence-electron chi connectivity index (χ4n) is 6.40. The maximum atomic E-state index is 5.94. The maximum Gasteiger partial charge on any atom is 0.120 e. The van der Waals surface area contributed by atoms with E-state index in [0.717, 1.165) is 24.7 Å². The first kappa shape index (κ1) is 25.6. The van der Waals surface area contributed by atoms with Crippen molar-refractivity contribution in [2.75, 3.05) is 26.4 Å². The van der Waals surface area contributed by atoms with Crippen LogP contribution in [0.2, 0.25) is 0 Å². The Bertz CT molecular complexity index is 2000. The van der Waals surface area contributed by atoms with Crippen LogP contribution < -0.4 is 9.47 Å². The molecular formula is C40H30O4. The molecule has 7 aromatic rings. The Kier molecular flexibility index (Phi) is 6.03. The van der Waals surface area contributed by atoms with Crippen LogP contribution >= 0.6 is 0 Å². The topological polar surface area (TPSA) is 43.5 Å². The summed E-state index contributed by atoms with van der Waals surface area (Å²) in [5.41, 5.74) is 4.93. The number of ether oxygens (including phenoxy) is 4. The molecule has 44 heavy (non-hydrogen) atoms. The highest BCUT2D eigenvalue weighted by Crippen LogP contribution is 2.44. The van der Waals surface area contributed by atoms with Crippen LogP contribution in [-0.2, 0) is 9.47 Å². The van der Waals surface area contributed by atoms with Gasteiger partial charge in [-0.25, -0.2) is 0 Å². The van der Waals surface area contributed by atoms with Gasteiger partial charge in [0.2, 0.25) is 0 Å². The number of hydrogen-bond donors (Lipinski definition) is 0. The molecule has 7 aromatic carbocycles. The average molecular weight is 575 g/mol. The van der Waals surface area contributed by atoms with Gasteiger partial charge in [-0.15, -0.1) is 0 Å². The van der Waals surface area contributed by atoms with Gasteiger partial charge in [0.1, 0.15) is 36.9 Å². The van der Waals surface area contributed by atoms with E-state index >= 15 is 0 Å². The Labute approximate surface area is 255 Å². The Morgan fingerprint density at radius 2 is 0.818 bits per heavy atom. The van der Waals surface area contributed by atoms with Crippen molar-refractivity contribution in [3.8, 4) is 33.8 Å². The van der Waals surface area contributed by atoms with Gasteiger partial charge in [-0.3, -0.25) is 0 Å². The van der Waals surface area contributed by atoms with Gasteiger partial charge in [-0.2, -0.15) is 0 Å². The molecule has 9 rings (SSSR count). The highest BCUT2D eigenvalue weighted by molar-refractivity contribution is 6.22. The Hall–Kier alpha value is -4.90. The lowest BCUT2D eigenvalue weighted by molar-refractivity contribution is 0.263. The molecule has 0 aromatic heterocycles. The van der Waals surface area contributed by atoms with E-state index in [-0.39, 0.29) is 12.2 Å². The minimum Gasteiger partial charge on any atom is -0.491 e. The third kappa shape index (κ3) is 4.73. The SMILES string of the molecule is c1ccc2c(-c3ccc4cc(OCC5CO5)ccc4c3)c3ccccc3c(-c3ccc4cc(OCC5CO5)ccc4c3)c2c1. The normalized spacial score (nSPS) is 17.4. The molecule has 0 saturated carbocycles. The van der Waals surface area contributed by atoms with Gasteiger partial charge >= 0.3 is 0 Å². The fraction of sp³-hybridized carbons (Fsp3) is 0.150. The van der Waals surface area contributed by atoms with Gasteiger partial charge < -0.3 is 18.9 Å². The monoisotopic (exact) mass is 574 g/mol. The smallest absolute Gasteiger partial charge is 0.120 e. The first-order chi connectivity index (χ1) is 21.8. The molecule has 0 bridgehead atoms. The van der Waals surface area contributed by atoms with Crippen molar-refractivity contribution in [2.24, 2.45) is 0 Å². The molecule has 2 saturated heterocycles. The summed E-state index contributed by atoms with van der Waals surface area (Å²) in [7, 11) is 0. The largest absolute Gasteiger partial charge is 0.491 e. The highest BCUT2D eigenvalue weighted by atomic mass is 16.6. The van der Waals surface area contributed by atoms with E-state index in [0.29, 0.717) is 13.2 Å². The molecule has 0 amide bonds. The van der Waals surface area contributed by atoms with Gasteiger partial charge in [-0.05, 0) is 102 Å². The van der Waals surface area contributed by atoms with Crippen LogP contribution in [0.15, 0.2) is 121 Å². The fourth-order valence-corrected chi connectivity index (χ4v) is 6.40. The van der Waals surface area contributed by atoms with E-state index in [1.54, 1.807) is 0 Å². The van der Waals surface area contributed by atoms with Crippen LogP contribution in [0, 0.1) is 0 Å². The molecular weight excluding hydrogens is 544 g/mol. The summed E-state index contributed by atoms with van der Waals surface area (Å²) in [6, 6.07) is 43.8. The molecule has 2 fully saturated rings. The molecule has 2 aliphatic heterocycles. The van der Waals surface area contributed by atoms with Crippen molar-refractivity contribution in [3.05, 3.63) is 121 Å². The second kappa shape index (κ2) is 10.4. The van der Waals surface area contributed by atoms with E-state index in [2.05, 4.69) is 121 Å². The highest BCUT2D eigenvalue weighted by Gasteiger charge is 2.24. The summed E-state index contributed by atoms with van der Waals surface area (Å²) < 4.78 is 22.5. The van der Waals surface area contributed by atoms with Gasteiger partial charge in [0.15, 0.2) is 0 Å². The van der Waals surface area contributed by atoms with Crippen molar-refractivity contribution >= 4 is 43.1 Å². The average Bonchev–Trinajstić information content (AvgIpc) is 4.01. The van der Waals surface area contributed by atoms with Crippen molar-refractivity contribution in [3.63, 3.8) is 0 Å². The van der Waals surface area contributed by atoms with E-state index in [4.69, 9.17) is 18.9 Å². The van der Waals surface area contributed by atoms with Gasteiger partial charge in [0, 0.05) is 0 Å². The lowest BCUT2D eigenvalue weighted by Gasteiger charge is -2.18. The minimum absolute atomic E-state index is 0.243. The predicted molar refractivity (Wildman–Crippen MR) is 178 cm³/mol. The number of hydrogen-bond acceptors (Lipinski definition) is 4. The Balaban J connectivity index is 1.17. The molecule has 2 aliphatic rings. The number of rotatable bonds is 8. The van der Waals surface area contributed by atoms with Crippen molar-refractivity contribution in [1.82, 2.24) is 0 Å². The number of epoxide rings is 2. The number of benzene rings is 7. The third-order valence-electron chi connectivity index (χ3n) is 8.81. The van der Waals surface area contributed by atoms with Crippen LogP contribution in [-0.4, -0.2) is 38.6 Å². The van der Waals surface area contributed by atoms with Crippen LogP contribution in [0.1, 0.15) is 0 Å². The second-order valence-electron chi connectivity index (χ2n) is 11.8. The van der Waals surface area contributed by atoms with Crippen LogP contribution in [0.5, 0.6) is 11.5 Å². The molecule has 0 radical (unpaired) electrons.